The maximum absolute atomic E-state index is 13.5. The van der Waals surface area contributed by atoms with Gasteiger partial charge in [-0.1, -0.05) is 0 Å². The first kappa shape index (κ1) is 14.5. The van der Waals surface area contributed by atoms with Crippen molar-refractivity contribution in [1.82, 2.24) is 10.6 Å². The molecule has 1 heterocycles. The van der Waals surface area contributed by atoms with Gasteiger partial charge in [0.25, 0.3) is 5.91 Å². The zero-order valence-corrected chi connectivity index (χ0v) is 11.3. The van der Waals surface area contributed by atoms with E-state index in [1.807, 2.05) is 0 Å². The monoisotopic (exact) mass is 279 g/mol. The Bertz CT molecular complexity index is 513. The van der Waals surface area contributed by atoms with E-state index in [0.29, 0.717) is 5.56 Å². The summed E-state index contributed by atoms with van der Waals surface area (Å²) in [6.45, 7) is 3.00. The Labute approximate surface area is 116 Å². The standard InChI is InChI=1S/C14H18FN3O2/c1-9(19)17-13-7-10(4-5-12(13)15)14(20)18-11-3-2-6-16-8-11/h4-5,7,11,16H,2-3,6,8H2,1H3,(H,17,19)(H,18,20). The zero-order valence-electron chi connectivity index (χ0n) is 11.3. The Kier molecular flexibility index (Phi) is 4.68. The number of amides is 2. The van der Waals surface area contributed by atoms with Gasteiger partial charge in [0, 0.05) is 25.1 Å². The predicted octanol–water partition coefficient (Wildman–Crippen LogP) is 1.27. The van der Waals surface area contributed by atoms with Gasteiger partial charge in [-0.2, -0.15) is 0 Å². The van der Waals surface area contributed by atoms with Crippen LogP contribution < -0.4 is 16.0 Å². The summed E-state index contributed by atoms with van der Waals surface area (Å²) in [5.41, 5.74) is 0.354. The van der Waals surface area contributed by atoms with Crippen LogP contribution in [0.5, 0.6) is 0 Å². The minimum Gasteiger partial charge on any atom is -0.348 e. The van der Waals surface area contributed by atoms with Crippen molar-refractivity contribution in [3.63, 3.8) is 0 Å². The van der Waals surface area contributed by atoms with Crippen molar-refractivity contribution in [2.45, 2.75) is 25.8 Å². The molecule has 3 N–H and O–H groups in total. The Hall–Kier alpha value is -1.95. The lowest BCUT2D eigenvalue weighted by atomic mass is 10.1. The van der Waals surface area contributed by atoms with Gasteiger partial charge in [-0.05, 0) is 37.6 Å². The topological polar surface area (TPSA) is 70.2 Å². The second kappa shape index (κ2) is 6.47. The minimum atomic E-state index is -0.559. The largest absolute Gasteiger partial charge is 0.348 e. The van der Waals surface area contributed by atoms with Crippen LogP contribution in [0.2, 0.25) is 0 Å². The van der Waals surface area contributed by atoms with Crippen LogP contribution in [-0.4, -0.2) is 30.9 Å². The first-order valence-electron chi connectivity index (χ1n) is 6.65. The Morgan fingerprint density at radius 1 is 1.40 bits per heavy atom. The van der Waals surface area contributed by atoms with Crippen LogP contribution in [0.4, 0.5) is 10.1 Å². The second-order valence-electron chi connectivity index (χ2n) is 4.89. The van der Waals surface area contributed by atoms with Gasteiger partial charge in [-0.3, -0.25) is 9.59 Å². The normalized spacial score (nSPS) is 18.4. The fourth-order valence-electron chi connectivity index (χ4n) is 2.20. The van der Waals surface area contributed by atoms with E-state index < -0.39 is 5.82 Å². The van der Waals surface area contributed by atoms with Gasteiger partial charge in [0.15, 0.2) is 0 Å². The number of carbonyl (C=O) groups excluding carboxylic acids is 2. The number of hydrogen-bond donors (Lipinski definition) is 3. The van der Waals surface area contributed by atoms with Gasteiger partial charge in [-0.15, -0.1) is 0 Å². The SMILES string of the molecule is CC(=O)Nc1cc(C(=O)NC2CCCNC2)ccc1F. The summed E-state index contributed by atoms with van der Waals surface area (Å²) >= 11 is 0. The number of hydrogen-bond acceptors (Lipinski definition) is 3. The van der Waals surface area contributed by atoms with Crippen molar-refractivity contribution in [2.75, 3.05) is 18.4 Å². The summed E-state index contributed by atoms with van der Waals surface area (Å²) < 4.78 is 13.5. The molecule has 5 nitrogen and oxygen atoms in total. The maximum Gasteiger partial charge on any atom is 0.251 e. The van der Waals surface area contributed by atoms with E-state index in [1.165, 1.54) is 25.1 Å². The quantitative estimate of drug-likeness (QED) is 0.780. The van der Waals surface area contributed by atoms with E-state index in [-0.39, 0.29) is 23.5 Å². The fraction of sp³-hybridized carbons (Fsp3) is 0.429. The second-order valence-corrected chi connectivity index (χ2v) is 4.89. The van der Waals surface area contributed by atoms with Gasteiger partial charge in [-0.25, -0.2) is 4.39 Å². The highest BCUT2D eigenvalue weighted by Gasteiger charge is 2.17. The molecule has 0 aromatic heterocycles. The van der Waals surface area contributed by atoms with Gasteiger partial charge < -0.3 is 16.0 Å². The first-order valence-corrected chi connectivity index (χ1v) is 6.65. The van der Waals surface area contributed by atoms with E-state index in [2.05, 4.69) is 16.0 Å². The molecule has 0 bridgehead atoms. The van der Waals surface area contributed by atoms with Crippen molar-refractivity contribution >= 4 is 17.5 Å². The molecule has 1 aromatic rings. The van der Waals surface area contributed by atoms with Crippen LogP contribution in [0.1, 0.15) is 30.1 Å². The van der Waals surface area contributed by atoms with Gasteiger partial charge in [0.05, 0.1) is 5.69 Å². The highest BCUT2D eigenvalue weighted by Crippen LogP contribution is 2.16. The highest BCUT2D eigenvalue weighted by molar-refractivity contribution is 5.97. The summed E-state index contributed by atoms with van der Waals surface area (Å²) in [7, 11) is 0. The number of rotatable bonds is 3. The lowest BCUT2D eigenvalue weighted by Gasteiger charge is -2.23. The van der Waals surface area contributed by atoms with Crippen molar-refractivity contribution < 1.29 is 14.0 Å². The molecule has 1 fully saturated rings. The minimum absolute atomic E-state index is 0.0203. The van der Waals surface area contributed by atoms with Crippen LogP contribution in [0.3, 0.4) is 0 Å². The predicted molar refractivity (Wildman–Crippen MR) is 74.1 cm³/mol. The van der Waals surface area contributed by atoms with E-state index in [4.69, 9.17) is 0 Å². The molecule has 6 heteroatoms. The number of benzene rings is 1. The van der Waals surface area contributed by atoms with Crippen LogP contribution in [0.15, 0.2) is 18.2 Å². The molecule has 1 aromatic carbocycles. The van der Waals surface area contributed by atoms with Crippen molar-refractivity contribution in [1.29, 1.82) is 0 Å². The van der Waals surface area contributed by atoms with Crippen LogP contribution in [0, 0.1) is 5.82 Å². The van der Waals surface area contributed by atoms with Crippen LogP contribution in [0.25, 0.3) is 0 Å². The molecule has 20 heavy (non-hydrogen) atoms. The maximum atomic E-state index is 13.5. The molecule has 1 atom stereocenters. The molecule has 1 aliphatic heterocycles. The van der Waals surface area contributed by atoms with Gasteiger partial charge >= 0.3 is 0 Å². The molecular weight excluding hydrogens is 261 g/mol. The van der Waals surface area contributed by atoms with E-state index in [9.17, 15) is 14.0 Å². The average Bonchev–Trinajstić information content (AvgIpc) is 2.42. The molecule has 1 unspecified atom stereocenters. The zero-order chi connectivity index (χ0) is 14.5. The smallest absolute Gasteiger partial charge is 0.251 e. The summed E-state index contributed by atoms with van der Waals surface area (Å²) in [5.74, 6) is -1.20. The van der Waals surface area contributed by atoms with E-state index >= 15 is 0 Å². The first-order chi connectivity index (χ1) is 9.56. The van der Waals surface area contributed by atoms with E-state index in [1.54, 1.807) is 0 Å². The van der Waals surface area contributed by atoms with Crippen molar-refractivity contribution in [3.05, 3.63) is 29.6 Å². The lowest BCUT2D eigenvalue weighted by molar-refractivity contribution is -0.114. The summed E-state index contributed by atoms with van der Waals surface area (Å²) in [6, 6.07) is 4.03. The molecule has 0 radical (unpaired) electrons. The van der Waals surface area contributed by atoms with Crippen LogP contribution >= 0.6 is 0 Å². The number of piperidine rings is 1. The summed E-state index contributed by atoms with van der Waals surface area (Å²) in [6.07, 6.45) is 1.95. The molecule has 0 aliphatic carbocycles. The Balaban J connectivity index is 2.07. The lowest BCUT2D eigenvalue weighted by Crippen LogP contribution is -2.45. The number of anilines is 1. The molecule has 2 amide bonds. The molecule has 0 spiro atoms. The van der Waals surface area contributed by atoms with Crippen molar-refractivity contribution in [3.8, 4) is 0 Å². The molecule has 0 saturated carbocycles. The third kappa shape index (κ3) is 3.77. The van der Waals surface area contributed by atoms with Crippen molar-refractivity contribution in [2.24, 2.45) is 0 Å². The third-order valence-electron chi connectivity index (χ3n) is 3.17. The summed E-state index contributed by atoms with van der Waals surface area (Å²) in [5, 5.41) is 8.47. The average molecular weight is 279 g/mol. The molecule has 1 saturated heterocycles. The Morgan fingerprint density at radius 2 is 2.20 bits per heavy atom. The molecule has 1 aliphatic rings. The molecular formula is C14H18FN3O2. The van der Waals surface area contributed by atoms with Gasteiger partial charge in [0.1, 0.15) is 5.82 Å². The number of carbonyl (C=O) groups is 2. The van der Waals surface area contributed by atoms with E-state index in [0.717, 1.165) is 25.9 Å². The number of nitrogens with one attached hydrogen (secondary N) is 3. The Morgan fingerprint density at radius 3 is 2.85 bits per heavy atom. The van der Waals surface area contributed by atoms with Gasteiger partial charge in [0.2, 0.25) is 5.91 Å². The molecule has 2 rings (SSSR count). The number of halogens is 1. The fourth-order valence-corrected chi connectivity index (χ4v) is 2.20. The van der Waals surface area contributed by atoms with Crippen LogP contribution in [-0.2, 0) is 4.79 Å². The third-order valence-corrected chi connectivity index (χ3v) is 3.17. The molecule has 108 valence electrons. The highest BCUT2D eigenvalue weighted by atomic mass is 19.1. The summed E-state index contributed by atoms with van der Waals surface area (Å²) in [4.78, 5) is 23.1.